The first-order valence-corrected chi connectivity index (χ1v) is 5.12. The lowest BCUT2D eigenvalue weighted by molar-refractivity contribution is 0.764. The van der Waals surface area contributed by atoms with Crippen molar-refractivity contribution in [1.29, 1.82) is 0 Å². The molecule has 0 unspecified atom stereocenters. The average molecular weight is 203 g/mol. The first-order chi connectivity index (χ1) is 4.74. The van der Waals surface area contributed by atoms with Crippen molar-refractivity contribution in [2.45, 2.75) is 26.7 Å². The number of hydrogen-bond acceptors (Lipinski definition) is 0. The lowest BCUT2D eigenvalue weighted by atomic mass is 10.0. The van der Waals surface area contributed by atoms with Crippen LogP contribution >= 0.6 is 15.9 Å². The predicted octanol–water partition coefficient (Wildman–Crippen LogP) is 3.37. The predicted molar refractivity (Wildman–Crippen MR) is 49.4 cm³/mol. The molecule has 0 heterocycles. The SMILES string of the molecule is CC(C)C(=CC1CC1)CBr. The summed E-state index contributed by atoms with van der Waals surface area (Å²) in [6.07, 6.45) is 5.28. The summed E-state index contributed by atoms with van der Waals surface area (Å²) in [5.74, 6) is 1.65. The van der Waals surface area contributed by atoms with Crippen LogP contribution in [0, 0.1) is 11.8 Å². The fraction of sp³-hybridized carbons (Fsp3) is 0.778. The molecule has 1 fully saturated rings. The van der Waals surface area contributed by atoms with Gasteiger partial charge in [-0.25, -0.2) is 0 Å². The van der Waals surface area contributed by atoms with Crippen molar-refractivity contribution < 1.29 is 0 Å². The molecule has 0 amide bonds. The van der Waals surface area contributed by atoms with E-state index in [-0.39, 0.29) is 0 Å². The fourth-order valence-electron chi connectivity index (χ4n) is 0.957. The minimum absolute atomic E-state index is 0.722. The third-order valence-electron chi connectivity index (χ3n) is 1.97. The van der Waals surface area contributed by atoms with Crippen LogP contribution in [0.3, 0.4) is 0 Å². The van der Waals surface area contributed by atoms with Gasteiger partial charge in [-0.1, -0.05) is 41.4 Å². The Morgan fingerprint density at radius 2 is 2.20 bits per heavy atom. The molecule has 0 atom stereocenters. The number of allylic oxidation sites excluding steroid dienone is 2. The van der Waals surface area contributed by atoms with Crippen molar-refractivity contribution in [1.82, 2.24) is 0 Å². The second-order valence-corrected chi connectivity index (χ2v) is 3.93. The Kier molecular flexibility index (Phi) is 2.96. The first kappa shape index (κ1) is 8.32. The molecule has 0 radical (unpaired) electrons. The van der Waals surface area contributed by atoms with Gasteiger partial charge in [0, 0.05) is 5.33 Å². The van der Waals surface area contributed by atoms with Crippen LogP contribution in [0.1, 0.15) is 26.7 Å². The van der Waals surface area contributed by atoms with Gasteiger partial charge >= 0.3 is 0 Å². The van der Waals surface area contributed by atoms with Gasteiger partial charge in [-0.2, -0.15) is 0 Å². The Morgan fingerprint density at radius 1 is 1.60 bits per heavy atom. The zero-order valence-corrected chi connectivity index (χ0v) is 8.32. The largest absolute Gasteiger partial charge is 0.0880 e. The molecule has 0 bridgehead atoms. The quantitative estimate of drug-likeness (QED) is 0.487. The number of halogens is 1. The van der Waals surface area contributed by atoms with E-state index in [9.17, 15) is 0 Å². The van der Waals surface area contributed by atoms with Crippen LogP contribution in [-0.4, -0.2) is 5.33 Å². The van der Waals surface area contributed by atoms with Crippen LogP contribution in [-0.2, 0) is 0 Å². The molecule has 0 spiro atoms. The normalized spacial score (nSPS) is 20.2. The smallest absolute Gasteiger partial charge is 0.0244 e. The third kappa shape index (κ3) is 2.45. The summed E-state index contributed by atoms with van der Waals surface area (Å²) < 4.78 is 0. The van der Waals surface area contributed by atoms with Gasteiger partial charge < -0.3 is 0 Å². The van der Waals surface area contributed by atoms with E-state index >= 15 is 0 Å². The molecule has 1 aliphatic rings. The van der Waals surface area contributed by atoms with Gasteiger partial charge in [-0.15, -0.1) is 0 Å². The molecule has 1 rings (SSSR count). The van der Waals surface area contributed by atoms with Gasteiger partial charge in [-0.05, 0) is 24.7 Å². The zero-order valence-electron chi connectivity index (χ0n) is 6.73. The fourth-order valence-corrected chi connectivity index (χ4v) is 1.79. The van der Waals surface area contributed by atoms with E-state index in [1.165, 1.54) is 12.8 Å². The molecule has 1 heteroatoms. The molecule has 58 valence electrons. The lowest BCUT2D eigenvalue weighted by Crippen LogP contribution is -1.95. The van der Waals surface area contributed by atoms with Gasteiger partial charge in [0.2, 0.25) is 0 Å². The van der Waals surface area contributed by atoms with E-state index in [0.29, 0.717) is 0 Å². The average Bonchev–Trinajstić information content (AvgIpc) is 2.64. The van der Waals surface area contributed by atoms with Crippen LogP contribution in [0.4, 0.5) is 0 Å². The van der Waals surface area contributed by atoms with Crippen LogP contribution in [0.5, 0.6) is 0 Å². The summed E-state index contributed by atoms with van der Waals surface area (Å²) in [5.41, 5.74) is 1.57. The Hall–Kier alpha value is 0.220. The molecule has 0 aromatic rings. The molecule has 0 saturated heterocycles. The van der Waals surface area contributed by atoms with E-state index in [1.54, 1.807) is 5.57 Å². The van der Waals surface area contributed by atoms with E-state index in [1.807, 2.05) is 0 Å². The highest BCUT2D eigenvalue weighted by Gasteiger charge is 2.19. The Balaban J connectivity index is 2.44. The van der Waals surface area contributed by atoms with Crippen LogP contribution < -0.4 is 0 Å². The molecule has 1 saturated carbocycles. The van der Waals surface area contributed by atoms with Gasteiger partial charge in [0.15, 0.2) is 0 Å². The minimum atomic E-state index is 0.722. The van der Waals surface area contributed by atoms with Gasteiger partial charge in [0.1, 0.15) is 0 Å². The Labute approximate surface area is 71.8 Å². The molecule has 0 aromatic heterocycles. The van der Waals surface area contributed by atoms with Crippen molar-refractivity contribution in [2.24, 2.45) is 11.8 Å². The highest BCUT2D eigenvalue weighted by Crippen LogP contribution is 2.32. The third-order valence-corrected chi connectivity index (χ3v) is 2.62. The van der Waals surface area contributed by atoms with Gasteiger partial charge in [0.05, 0.1) is 0 Å². The van der Waals surface area contributed by atoms with E-state index < -0.39 is 0 Å². The summed E-state index contributed by atoms with van der Waals surface area (Å²) in [6.45, 7) is 4.52. The highest BCUT2D eigenvalue weighted by molar-refractivity contribution is 9.09. The topological polar surface area (TPSA) is 0 Å². The minimum Gasteiger partial charge on any atom is -0.0880 e. The number of alkyl halides is 1. The molecular formula is C9H15Br. The second kappa shape index (κ2) is 3.56. The van der Waals surface area contributed by atoms with Gasteiger partial charge in [0.25, 0.3) is 0 Å². The standard InChI is InChI=1S/C9H15Br/c1-7(2)9(6-10)5-8-3-4-8/h5,7-8H,3-4,6H2,1-2H3. The van der Waals surface area contributed by atoms with Crippen molar-refractivity contribution in [3.05, 3.63) is 11.6 Å². The van der Waals surface area contributed by atoms with E-state index in [4.69, 9.17) is 0 Å². The van der Waals surface area contributed by atoms with Crippen molar-refractivity contribution >= 4 is 15.9 Å². The van der Waals surface area contributed by atoms with Crippen LogP contribution in [0.25, 0.3) is 0 Å². The van der Waals surface area contributed by atoms with Gasteiger partial charge in [-0.3, -0.25) is 0 Å². The number of hydrogen-bond donors (Lipinski definition) is 0. The van der Waals surface area contributed by atoms with Crippen LogP contribution in [0.15, 0.2) is 11.6 Å². The molecule has 0 aliphatic heterocycles. The van der Waals surface area contributed by atoms with E-state index in [2.05, 4.69) is 35.9 Å². The summed E-state index contributed by atoms with van der Waals surface area (Å²) in [5, 5.41) is 1.06. The Bertz CT molecular complexity index is 132. The summed E-state index contributed by atoms with van der Waals surface area (Å²) >= 11 is 3.50. The maximum absolute atomic E-state index is 3.50. The molecule has 0 nitrogen and oxygen atoms in total. The lowest BCUT2D eigenvalue weighted by Gasteiger charge is -2.06. The molecule has 0 N–H and O–H groups in total. The maximum Gasteiger partial charge on any atom is 0.0244 e. The molecule has 1 aliphatic carbocycles. The summed E-state index contributed by atoms with van der Waals surface area (Å²) in [6, 6.07) is 0. The summed E-state index contributed by atoms with van der Waals surface area (Å²) in [7, 11) is 0. The first-order valence-electron chi connectivity index (χ1n) is 4.00. The second-order valence-electron chi connectivity index (χ2n) is 3.37. The zero-order chi connectivity index (χ0) is 7.56. The molecule has 0 aromatic carbocycles. The molecule has 10 heavy (non-hydrogen) atoms. The maximum atomic E-state index is 3.50. The number of rotatable bonds is 3. The van der Waals surface area contributed by atoms with Crippen molar-refractivity contribution in [3.8, 4) is 0 Å². The van der Waals surface area contributed by atoms with Crippen molar-refractivity contribution in [2.75, 3.05) is 5.33 Å². The Morgan fingerprint density at radius 3 is 2.50 bits per heavy atom. The van der Waals surface area contributed by atoms with E-state index in [0.717, 1.165) is 17.2 Å². The monoisotopic (exact) mass is 202 g/mol. The molecular weight excluding hydrogens is 188 g/mol. The van der Waals surface area contributed by atoms with Crippen LogP contribution in [0.2, 0.25) is 0 Å². The van der Waals surface area contributed by atoms with Crippen molar-refractivity contribution in [3.63, 3.8) is 0 Å². The summed E-state index contributed by atoms with van der Waals surface area (Å²) in [4.78, 5) is 0. The highest BCUT2D eigenvalue weighted by atomic mass is 79.9.